The van der Waals surface area contributed by atoms with Crippen molar-refractivity contribution in [2.24, 2.45) is 23.7 Å². The van der Waals surface area contributed by atoms with Gasteiger partial charge in [-0.05, 0) is 80.8 Å². The Kier molecular flexibility index (Phi) is 5.12. The Morgan fingerprint density at radius 1 is 0.824 bits per heavy atom. The third-order valence-corrected chi connectivity index (χ3v) is 10.2. The van der Waals surface area contributed by atoms with Crippen LogP contribution in [0.2, 0.25) is 0 Å². The summed E-state index contributed by atoms with van der Waals surface area (Å²) < 4.78 is 8.12. The monoisotopic (exact) mass is 458 g/mol. The van der Waals surface area contributed by atoms with Crippen LogP contribution < -0.4 is 0 Å². The molecule has 0 radical (unpaired) electrons. The maximum absolute atomic E-state index is 5.62. The van der Waals surface area contributed by atoms with Crippen molar-refractivity contribution < 1.29 is 4.52 Å². The summed E-state index contributed by atoms with van der Waals surface area (Å²) in [4.78, 5) is 8.08. The van der Waals surface area contributed by atoms with E-state index in [4.69, 9.17) is 9.51 Å². The highest BCUT2D eigenvalue weighted by Crippen LogP contribution is 2.50. The summed E-state index contributed by atoms with van der Waals surface area (Å²) >= 11 is 0. The summed E-state index contributed by atoms with van der Waals surface area (Å²) in [6, 6.07) is 13.2. The van der Waals surface area contributed by atoms with E-state index in [2.05, 4.69) is 52.7 Å². The molecular formula is C29H38N4O. The van der Waals surface area contributed by atoms with Gasteiger partial charge in [0.25, 0.3) is 0 Å². The quantitative estimate of drug-likeness (QED) is 0.438. The van der Waals surface area contributed by atoms with Crippen LogP contribution in [0.4, 0.5) is 0 Å². The highest BCUT2D eigenvalue weighted by atomic mass is 16.5. The van der Waals surface area contributed by atoms with Crippen LogP contribution in [0.15, 0.2) is 41.1 Å². The number of imidazole rings is 1. The van der Waals surface area contributed by atoms with Crippen molar-refractivity contribution in [1.29, 1.82) is 0 Å². The zero-order valence-electron chi connectivity index (χ0n) is 20.6. The van der Waals surface area contributed by atoms with Gasteiger partial charge in [0.1, 0.15) is 0 Å². The highest BCUT2D eigenvalue weighted by molar-refractivity contribution is 5.80. The number of fused-ring (bicyclic) bond motifs is 5. The first-order valence-electron chi connectivity index (χ1n) is 13.8. The lowest BCUT2D eigenvalue weighted by molar-refractivity contribution is -0.0739. The Balaban J connectivity index is 1.24. The van der Waals surface area contributed by atoms with Gasteiger partial charge in [-0.25, -0.2) is 4.98 Å². The molecule has 0 spiro atoms. The van der Waals surface area contributed by atoms with E-state index in [1.165, 1.54) is 63.3 Å². The van der Waals surface area contributed by atoms with Crippen LogP contribution in [0.1, 0.15) is 77.7 Å². The molecule has 0 unspecified atom stereocenters. The molecule has 34 heavy (non-hydrogen) atoms. The van der Waals surface area contributed by atoms with Gasteiger partial charge in [-0.1, -0.05) is 44.0 Å². The van der Waals surface area contributed by atoms with Gasteiger partial charge >= 0.3 is 0 Å². The molecule has 180 valence electrons. The molecule has 2 aromatic heterocycles. The lowest BCUT2D eigenvalue weighted by Gasteiger charge is -2.57. The SMILES string of the molecule is C[C@@H]1CC[C@@H]2C[C@H]1C[C@@H](N1[C@H]3CC[C@@H](C)[C@@H]1C[C@H](n1c(-c4ccno4)nc4ccccc41)C3)C2. The molecule has 2 aliphatic heterocycles. The smallest absolute Gasteiger partial charge is 0.202 e. The molecule has 3 aromatic rings. The zero-order valence-corrected chi connectivity index (χ0v) is 20.6. The molecular weight excluding hydrogens is 420 g/mol. The molecule has 4 bridgehead atoms. The fourth-order valence-corrected chi connectivity index (χ4v) is 8.47. The van der Waals surface area contributed by atoms with Crippen LogP contribution in [-0.4, -0.2) is 37.7 Å². The number of piperidine rings is 2. The first-order chi connectivity index (χ1) is 16.7. The first kappa shape index (κ1) is 21.2. The lowest BCUT2D eigenvalue weighted by atomic mass is 9.64. The van der Waals surface area contributed by atoms with Crippen molar-refractivity contribution in [3.05, 3.63) is 36.5 Å². The van der Waals surface area contributed by atoms with Crippen LogP contribution in [-0.2, 0) is 0 Å². The van der Waals surface area contributed by atoms with E-state index < -0.39 is 0 Å². The molecule has 2 saturated carbocycles. The second-order valence-electron chi connectivity index (χ2n) is 12.1. The molecule has 5 heteroatoms. The molecule has 2 saturated heterocycles. The Morgan fingerprint density at radius 3 is 2.59 bits per heavy atom. The van der Waals surface area contributed by atoms with Crippen molar-refractivity contribution in [2.75, 3.05) is 0 Å². The molecule has 5 nitrogen and oxygen atoms in total. The van der Waals surface area contributed by atoms with Crippen molar-refractivity contribution in [3.8, 4) is 11.6 Å². The zero-order chi connectivity index (χ0) is 22.8. The standard InChI is InChI=1S/C29H38N4O/c1-18-7-9-20-13-21(18)15-23(14-20)32-22-10-8-19(2)27(32)17-24(16-22)33-26-6-4-3-5-25(26)31-29(33)28-11-12-30-34-28/h3-6,11-12,18-24,27H,7-10,13-17H2,1-2H3/t18-,19-,20-,21+,22+,23+,24-,27+/m1/s1. The number of rotatable bonds is 3. The molecule has 0 amide bonds. The number of nitrogens with zero attached hydrogens (tertiary/aromatic N) is 4. The minimum absolute atomic E-state index is 0.462. The Bertz CT molecular complexity index is 1150. The summed E-state index contributed by atoms with van der Waals surface area (Å²) in [5.41, 5.74) is 2.29. The fourth-order valence-electron chi connectivity index (χ4n) is 8.47. The Labute approximate surface area is 202 Å². The van der Waals surface area contributed by atoms with Gasteiger partial charge in [0, 0.05) is 30.2 Å². The van der Waals surface area contributed by atoms with E-state index in [9.17, 15) is 0 Å². The van der Waals surface area contributed by atoms with Crippen LogP contribution in [0.3, 0.4) is 0 Å². The van der Waals surface area contributed by atoms with Crippen molar-refractivity contribution in [3.63, 3.8) is 0 Å². The topological polar surface area (TPSA) is 47.1 Å². The van der Waals surface area contributed by atoms with Crippen LogP contribution >= 0.6 is 0 Å². The van der Waals surface area contributed by atoms with E-state index in [-0.39, 0.29) is 0 Å². The lowest BCUT2D eigenvalue weighted by Crippen LogP contribution is -2.60. The number of aromatic nitrogens is 3. The number of para-hydroxylation sites is 2. The van der Waals surface area contributed by atoms with E-state index >= 15 is 0 Å². The van der Waals surface area contributed by atoms with Gasteiger partial charge in [-0.15, -0.1) is 0 Å². The Hall–Kier alpha value is -2.14. The van der Waals surface area contributed by atoms with Gasteiger partial charge in [0.2, 0.25) is 5.76 Å². The second kappa shape index (κ2) is 8.22. The van der Waals surface area contributed by atoms with Gasteiger partial charge < -0.3 is 9.09 Å². The predicted molar refractivity (Wildman–Crippen MR) is 134 cm³/mol. The molecule has 8 atom stereocenters. The number of hydrogen-bond acceptors (Lipinski definition) is 4. The first-order valence-corrected chi connectivity index (χ1v) is 13.8. The Morgan fingerprint density at radius 2 is 1.71 bits per heavy atom. The summed E-state index contributed by atoms with van der Waals surface area (Å²) in [6.45, 7) is 5.04. The van der Waals surface area contributed by atoms with E-state index in [0.717, 1.165) is 46.8 Å². The van der Waals surface area contributed by atoms with Gasteiger partial charge in [0.15, 0.2) is 5.82 Å². The predicted octanol–water partition coefficient (Wildman–Crippen LogP) is 6.71. The van der Waals surface area contributed by atoms with Gasteiger partial charge in [-0.2, -0.15) is 0 Å². The largest absolute Gasteiger partial charge is 0.353 e. The average molecular weight is 459 g/mol. The molecule has 4 aliphatic rings. The molecule has 2 aliphatic carbocycles. The minimum Gasteiger partial charge on any atom is -0.353 e. The molecule has 0 N–H and O–H groups in total. The van der Waals surface area contributed by atoms with Gasteiger partial charge in [-0.3, -0.25) is 4.90 Å². The third kappa shape index (κ3) is 3.37. The maximum Gasteiger partial charge on any atom is 0.202 e. The van der Waals surface area contributed by atoms with Crippen LogP contribution in [0.25, 0.3) is 22.6 Å². The molecule has 4 fully saturated rings. The van der Waals surface area contributed by atoms with Gasteiger partial charge in [0.05, 0.1) is 17.2 Å². The number of benzene rings is 1. The maximum atomic E-state index is 5.62. The van der Waals surface area contributed by atoms with E-state index in [0.29, 0.717) is 18.1 Å². The van der Waals surface area contributed by atoms with Crippen LogP contribution in [0.5, 0.6) is 0 Å². The van der Waals surface area contributed by atoms with E-state index in [1.807, 2.05) is 6.07 Å². The van der Waals surface area contributed by atoms with Crippen molar-refractivity contribution in [1.82, 2.24) is 19.6 Å². The van der Waals surface area contributed by atoms with E-state index in [1.54, 1.807) is 6.20 Å². The summed E-state index contributed by atoms with van der Waals surface area (Å²) in [7, 11) is 0. The molecule has 1 aromatic carbocycles. The highest BCUT2D eigenvalue weighted by Gasteiger charge is 2.48. The van der Waals surface area contributed by atoms with Crippen molar-refractivity contribution >= 4 is 11.0 Å². The molecule has 4 heterocycles. The van der Waals surface area contributed by atoms with Crippen molar-refractivity contribution in [2.45, 2.75) is 95.8 Å². The second-order valence-corrected chi connectivity index (χ2v) is 12.1. The average Bonchev–Trinajstić information content (AvgIpc) is 3.51. The molecule has 7 rings (SSSR count). The minimum atomic E-state index is 0.462. The van der Waals surface area contributed by atoms with Crippen LogP contribution in [0, 0.1) is 23.7 Å². The summed E-state index contributed by atoms with van der Waals surface area (Å²) in [5, 5.41) is 3.99. The summed E-state index contributed by atoms with van der Waals surface area (Å²) in [6.07, 6.45) is 14.2. The third-order valence-electron chi connectivity index (χ3n) is 10.2. The normalized spacial score (nSPS) is 38.3. The summed E-state index contributed by atoms with van der Waals surface area (Å²) in [5.74, 6) is 5.36. The number of hydrogen-bond donors (Lipinski definition) is 0. The fraction of sp³-hybridized carbons (Fsp3) is 0.655.